The van der Waals surface area contributed by atoms with Crippen LogP contribution >= 0.6 is 0 Å². The molecule has 1 aromatic rings. The molecule has 0 aromatic heterocycles. The van der Waals surface area contributed by atoms with Gasteiger partial charge in [-0.25, -0.2) is 0 Å². The van der Waals surface area contributed by atoms with Crippen molar-refractivity contribution in [2.24, 2.45) is 5.73 Å². The molecule has 0 atom stereocenters. The van der Waals surface area contributed by atoms with Crippen molar-refractivity contribution >= 4 is 0 Å². The number of benzene rings is 1. The van der Waals surface area contributed by atoms with E-state index in [9.17, 15) is 0 Å². The first-order chi connectivity index (χ1) is 8.18. The summed E-state index contributed by atoms with van der Waals surface area (Å²) in [7, 11) is 0. The number of aryl methyl sites for hydroxylation is 1. The van der Waals surface area contributed by atoms with Gasteiger partial charge in [-0.3, -0.25) is 0 Å². The van der Waals surface area contributed by atoms with Crippen molar-refractivity contribution in [3.63, 3.8) is 0 Å². The maximum atomic E-state index is 6.32. The zero-order chi connectivity index (χ0) is 12.1. The fraction of sp³-hybridized carbons (Fsp3) is 0.600. The lowest BCUT2D eigenvalue weighted by atomic mass is 9.83. The molecule has 0 heterocycles. The molecule has 0 bridgehead atoms. The maximum Gasteiger partial charge on any atom is 0.0717 e. The lowest BCUT2D eigenvalue weighted by Gasteiger charge is -2.33. The molecule has 1 saturated carbocycles. The van der Waals surface area contributed by atoms with E-state index in [4.69, 9.17) is 10.5 Å². The Labute approximate surface area is 104 Å². The first-order valence-electron chi connectivity index (χ1n) is 6.60. The molecule has 0 amide bonds. The van der Waals surface area contributed by atoms with Crippen molar-refractivity contribution in [3.8, 4) is 0 Å². The summed E-state index contributed by atoms with van der Waals surface area (Å²) in [5, 5.41) is 0. The van der Waals surface area contributed by atoms with Crippen LogP contribution in [0.15, 0.2) is 24.3 Å². The average Bonchev–Trinajstić information content (AvgIpc) is 2.32. The van der Waals surface area contributed by atoms with Gasteiger partial charge in [0.1, 0.15) is 0 Å². The molecule has 2 rings (SSSR count). The van der Waals surface area contributed by atoms with Crippen molar-refractivity contribution in [2.75, 3.05) is 6.61 Å². The van der Waals surface area contributed by atoms with Gasteiger partial charge in [0, 0.05) is 5.54 Å². The van der Waals surface area contributed by atoms with Crippen molar-refractivity contribution < 1.29 is 4.74 Å². The van der Waals surface area contributed by atoms with E-state index in [2.05, 4.69) is 31.2 Å². The smallest absolute Gasteiger partial charge is 0.0717 e. The topological polar surface area (TPSA) is 35.2 Å². The molecule has 1 aromatic carbocycles. The summed E-state index contributed by atoms with van der Waals surface area (Å²) in [4.78, 5) is 0. The molecule has 2 heteroatoms. The largest absolute Gasteiger partial charge is 0.375 e. The molecule has 0 radical (unpaired) electrons. The Morgan fingerprint density at radius 2 is 1.76 bits per heavy atom. The van der Waals surface area contributed by atoms with Gasteiger partial charge < -0.3 is 10.5 Å². The molecule has 17 heavy (non-hydrogen) atoms. The summed E-state index contributed by atoms with van der Waals surface area (Å²) in [6.45, 7) is 3.47. The fourth-order valence-electron chi connectivity index (χ4n) is 2.46. The van der Waals surface area contributed by atoms with Crippen molar-refractivity contribution in [3.05, 3.63) is 35.4 Å². The van der Waals surface area contributed by atoms with Crippen LogP contribution in [0.1, 0.15) is 43.2 Å². The maximum absolute atomic E-state index is 6.32. The highest BCUT2D eigenvalue weighted by molar-refractivity contribution is 5.20. The Bertz CT molecular complexity index is 338. The summed E-state index contributed by atoms with van der Waals surface area (Å²) in [6.07, 6.45) is 6.06. The Morgan fingerprint density at radius 3 is 2.41 bits per heavy atom. The quantitative estimate of drug-likeness (QED) is 0.867. The minimum Gasteiger partial charge on any atom is -0.375 e. The van der Waals surface area contributed by atoms with Crippen LogP contribution in [0.5, 0.6) is 0 Å². The van der Waals surface area contributed by atoms with Crippen molar-refractivity contribution in [1.29, 1.82) is 0 Å². The van der Waals surface area contributed by atoms with E-state index in [0.29, 0.717) is 13.2 Å². The summed E-state index contributed by atoms with van der Waals surface area (Å²) in [6, 6.07) is 8.49. The van der Waals surface area contributed by atoms with E-state index in [1.807, 2.05) is 0 Å². The Hall–Kier alpha value is -0.860. The van der Waals surface area contributed by atoms with Crippen LogP contribution in [0.3, 0.4) is 0 Å². The molecule has 0 saturated heterocycles. The summed E-state index contributed by atoms with van der Waals surface area (Å²) < 4.78 is 5.78. The van der Waals surface area contributed by atoms with Gasteiger partial charge in [-0.15, -0.1) is 0 Å². The highest BCUT2D eigenvalue weighted by Crippen LogP contribution is 2.26. The number of nitrogens with two attached hydrogens (primary N) is 1. The lowest BCUT2D eigenvalue weighted by molar-refractivity contribution is 0.0574. The normalized spacial score (nSPS) is 19.2. The van der Waals surface area contributed by atoms with Crippen LogP contribution in [0.4, 0.5) is 0 Å². The molecule has 2 nitrogen and oxygen atoms in total. The van der Waals surface area contributed by atoms with Crippen LogP contribution < -0.4 is 5.73 Å². The lowest BCUT2D eigenvalue weighted by Crippen LogP contribution is -2.46. The molecule has 0 aliphatic heterocycles. The summed E-state index contributed by atoms with van der Waals surface area (Å²) >= 11 is 0. The predicted octanol–water partition coefficient (Wildman–Crippen LogP) is 3.17. The van der Waals surface area contributed by atoms with Crippen molar-refractivity contribution in [2.45, 2.75) is 51.2 Å². The van der Waals surface area contributed by atoms with E-state index in [1.165, 1.54) is 30.4 Å². The molecule has 0 spiro atoms. The first kappa shape index (κ1) is 12.6. The van der Waals surface area contributed by atoms with E-state index < -0.39 is 0 Å². The van der Waals surface area contributed by atoms with Gasteiger partial charge in [0.15, 0.2) is 0 Å². The number of hydrogen-bond donors (Lipinski definition) is 1. The SMILES string of the molecule is Cc1ccc(COCC2(N)CCCCC2)cc1. The molecular weight excluding hydrogens is 210 g/mol. The third-order valence-electron chi connectivity index (χ3n) is 3.63. The van der Waals surface area contributed by atoms with Crippen molar-refractivity contribution in [1.82, 2.24) is 0 Å². The fourth-order valence-corrected chi connectivity index (χ4v) is 2.46. The minimum absolute atomic E-state index is 0.0665. The van der Waals surface area contributed by atoms with E-state index >= 15 is 0 Å². The highest BCUT2D eigenvalue weighted by atomic mass is 16.5. The molecule has 1 aliphatic rings. The van der Waals surface area contributed by atoms with Gasteiger partial charge in [0.2, 0.25) is 0 Å². The van der Waals surface area contributed by atoms with E-state index in [0.717, 1.165) is 12.8 Å². The molecule has 0 unspecified atom stereocenters. The second kappa shape index (κ2) is 5.65. The molecular formula is C15H23NO. The Morgan fingerprint density at radius 1 is 1.12 bits per heavy atom. The summed E-state index contributed by atoms with van der Waals surface area (Å²) in [5.74, 6) is 0. The number of hydrogen-bond acceptors (Lipinski definition) is 2. The zero-order valence-corrected chi connectivity index (χ0v) is 10.7. The van der Waals surface area contributed by atoms with Crippen LogP contribution in [-0.2, 0) is 11.3 Å². The third-order valence-corrected chi connectivity index (χ3v) is 3.63. The van der Waals surface area contributed by atoms with E-state index in [1.54, 1.807) is 0 Å². The molecule has 94 valence electrons. The van der Waals surface area contributed by atoms with Gasteiger partial charge >= 0.3 is 0 Å². The standard InChI is InChI=1S/C15H23NO/c1-13-5-7-14(8-6-13)11-17-12-15(16)9-3-2-4-10-15/h5-8H,2-4,9-12,16H2,1H3. The van der Waals surface area contributed by atoms with Crippen LogP contribution in [-0.4, -0.2) is 12.1 Å². The third kappa shape index (κ3) is 3.83. The first-order valence-corrected chi connectivity index (χ1v) is 6.60. The van der Waals surface area contributed by atoms with Gasteiger partial charge in [0.25, 0.3) is 0 Å². The van der Waals surface area contributed by atoms with Gasteiger partial charge in [0.05, 0.1) is 13.2 Å². The minimum atomic E-state index is -0.0665. The second-order valence-corrected chi connectivity index (χ2v) is 5.40. The summed E-state index contributed by atoms with van der Waals surface area (Å²) in [5.41, 5.74) is 8.78. The number of ether oxygens (including phenoxy) is 1. The molecule has 2 N–H and O–H groups in total. The highest BCUT2D eigenvalue weighted by Gasteiger charge is 2.27. The van der Waals surface area contributed by atoms with Crippen LogP contribution in [0, 0.1) is 6.92 Å². The van der Waals surface area contributed by atoms with E-state index in [-0.39, 0.29) is 5.54 Å². The van der Waals surface area contributed by atoms with Gasteiger partial charge in [-0.2, -0.15) is 0 Å². The second-order valence-electron chi connectivity index (χ2n) is 5.40. The Balaban J connectivity index is 1.77. The average molecular weight is 233 g/mol. The zero-order valence-electron chi connectivity index (χ0n) is 10.7. The Kier molecular flexibility index (Phi) is 4.19. The molecule has 1 aliphatic carbocycles. The number of rotatable bonds is 4. The predicted molar refractivity (Wildman–Crippen MR) is 70.8 cm³/mol. The van der Waals surface area contributed by atoms with Gasteiger partial charge in [-0.1, -0.05) is 49.1 Å². The molecule has 1 fully saturated rings. The van der Waals surface area contributed by atoms with Crippen LogP contribution in [0.25, 0.3) is 0 Å². The monoisotopic (exact) mass is 233 g/mol. The van der Waals surface area contributed by atoms with Crippen LogP contribution in [0.2, 0.25) is 0 Å². The van der Waals surface area contributed by atoms with Gasteiger partial charge in [-0.05, 0) is 25.3 Å².